The molecule has 1 aromatic rings. The summed E-state index contributed by atoms with van der Waals surface area (Å²) in [6, 6.07) is 8.14. The normalized spacial score (nSPS) is 17.3. The molecule has 1 atom stereocenters. The maximum absolute atomic E-state index is 11.9. The fourth-order valence-corrected chi connectivity index (χ4v) is 2.87. The zero-order valence-corrected chi connectivity index (χ0v) is 15.1. The molecule has 0 aromatic heterocycles. The summed E-state index contributed by atoms with van der Waals surface area (Å²) >= 11 is 0. The molecule has 5 heteroatoms. The summed E-state index contributed by atoms with van der Waals surface area (Å²) in [4.78, 5) is 14.2. The van der Waals surface area contributed by atoms with Gasteiger partial charge in [0.15, 0.2) is 0 Å². The number of carbonyl (C=O) groups excluding carboxylic acids is 1. The van der Waals surface area contributed by atoms with E-state index in [-0.39, 0.29) is 5.91 Å². The van der Waals surface area contributed by atoms with Crippen LogP contribution in [0.4, 0.5) is 5.69 Å². The van der Waals surface area contributed by atoms with Gasteiger partial charge in [-0.2, -0.15) is 0 Å². The van der Waals surface area contributed by atoms with Crippen LogP contribution in [0.3, 0.4) is 0 Å². The van der Waals surface area contributed by atoms with E-state index < -0.39 is 0 Å². The molecule has 0 aliphatic carbocycles. The van der Waals surface area contributed by atoms with Gasteiger partial charge in [-0.1, -0.05) is 19.9 Å². The van der Waals surface area contributed by atoms with E-state index in [1.165, 1.54) is 5.69 Å². The second kappa shape index (κ2) is 9.52. The fraction of sp³-hybridized carbons (Fsp3) is 0.632. The Labute approximate surface area is 145 Å². The average Bonchev–Trinajstić information content (AvgIpc) is 3.06. The minimum Gasteiger partial charge on any atom is -0.497 e. The first-order valence-corrected chi connectivity index (χ1v) is 8.82. The summed E-state index contributed by atoms with van der Waals surface area (Å²) in [5.74, 6) is 1.97. The Morgan fingerprint density at radius 1 is 1.42 bits per heavy atom. The molecule has 1 unspecified atom stereocenters. The molecule has 0 radical (unpaired) electrons. The van der Waals surface area contributed by atoms with Crippen molar-refractivity contribution in [2.45, 2.75) is 26.7 Å². The molecule has 1 aliphatic rings. The molecule has 1 amide bonds. The Morgan fingerprint density at radius 3 is 3.00 bits per heavy atom. The SMILES string of the molecule is COc1cccc(N2CCC(CNC(=O)CCOCC(C)C)C2)c1. The van der Waals surface area contributed by atoms with E-state index in [0.29, 0.717) is 31.5 Å². The van der Waals surface area contributed by atoms with Crippen molar-refractivity contribution in [3.63, 3.8) is 0 Å². The van der Waals surface area contributed by atoms with Crippen LogP contribution in [-0.2, 0) is 9.53 Å². The minimum atomic E-state index is 0.0820. The van der Waals surface area contributed by atoms with Crippen LogP contribution in [0.15, 0.2) is 24.3 Å². The number of benzene rings is 1. The summed E-state index contributed by atoms with van der Waals surface area (Å²) in [6.45, 7) is 8.16. The Balaban J connectivity index is 1.67. The Kier molecular flexibility index (Phi) is 7.37. The van der Waals surface area contributed by atoms with Crippen molar-refractivity contribution in [2.24, 2.45) is 11.8 Å². The number of nitrogens with one attached hydrogen (secondary N) is 1. The molecule has 24 heavy (non-hydrogen) atoms. The van der Waals surface area contributed by atoms with Crippen LogP contribution in [0.25, 0.3) is 0 Å². The first kappa shape index (κ1) is 18.6. The Morgan fingerprint density at radius 2 is 2.25 bits per heavy atom. The molecule has 2 rings (SSSR count). The predicted molar refractivity (Wildman–Crippen MR) is 96.6 cm³/mol. The molecule has 1 N–H and O–H groups in total. The number of hydrogen-bond acceptors (Lipinski definition) is 4. The van der Waals surface area contributed by atoms with Crippen LogP contribution in [0.2, 0.25) is 0 Å². The van der Waals surface area contributed by atoms with Crippen LogP contribution in [0.1, 0.15) is 26.7 Å². The number of ether oxygens (including phenoxy) is 2. The molecule has 0 spiro atoms. The van der Waals surface area contributed by atoms with E-state index in [9.17, 15) is 4.79 Å². The number of carbonyl (C=O) groups is 1. The fourth-order valence-electron chi connectivity index (χ4n) is 2.87. The van der Waals surface area contributed by atoms with E-state index in [1.54, 1.807) is 7.11 Å². The van der Waals surface area contributed by atoms with Crippen molar-refractivity contribution < 1.29 is 14.3 Å². The first-order valence-electron chi connectivity index (χ1n) is 8.82. The third-order valence-electron chi connectivity index (χ3n) is 4.22. The van der Waals surface area contributed by atoms with Crippen LogP contribution < -0.4 is 15.0 Å². The highest BCUT2D eigenvalue weighted by Gasteiger charge is 2.23. The zero-order valence-electron chi connectivity index (χ0n) is 15.1. The number of nitrogens with zero attached hydrogens (tertiary/aromatic N) is 1. The third kappa shape index (κ3) is 6.04. The lowest BCUT2D eigenvalue weighted by Gasteiger charge is -2.19. The van der Waals surface area contributed by atoms with Gasteiger partial charge in [-0.3, -0.25) is 4.79 Å². The number of amides is 1. The maximum Gasteiger partial charge on any atom is 0.222 e. The van der Waals surface area contributed by atoms with Gasteiger partial charge in [0.25, 0.3) is 0 Å². The summed E-state index contributed by atoms with van der Waals surface area (Å²) < 4.78 is 10.7. The van der Waals surface area contributed by atoms with Crippen molar-refractivity contribution in [1.82, 2.24) is 5.32 Å². The van der Waals surface area contributed by atoms with Crippen molar-refractivity contribution in [2.75, 3.05) is 44.9 Å². The van der Waals surface area contributed by atoms with Crippen LogP contribution in [0, 0.1) is 11.8 Å². The second-order valence-electron chi connectivity index (χ2n) is 6.83. The molecule has 5 nitrogen and oxygen atoms in total. The van der Waals surface area contributed by atoms with Gasteiger partial charge in [0.1, 0.15) is 5.75 Å². The minimum absolute atomic E-state index is 0.0820. The highest BCUT2D eigenvalue weighted by Crippen LogP contribution is 2.26. The van der Waals surface area contributed by atoms with Gasteiger partial charge in [-0.15, -0.1) is 0 Å². The van der Waals surface area contributed by atoms with Crippen LogP contribution >= 0.6 is 0 Å². The predicted octanol–water partition coefficient (Wildman–Crippen LogP) is 2.70. The van der Waals surface area contributed by atoms with Crippen LogP contribution in [-0.4, -0.2) is 45.9 Å². The van der Waals surface area contributed by atoms with Gasteiger partial charge in [0.05, 0.1) is 13.7 Å². The van der Waals surface area contributed by atoms with Gasteiger partial charge in [-0.05, 0) is 30.4 Å². The highest BCUT2D eigenvalue weighted by molar-refractivity contribution is 5.75. The Bertz CT molecular complexity index is 519. The van der Waals surface area contributed by atoms with Gasteiger partial charge < -0.3 is 19.7 Å². The average molecular weight is 334 g/mol. The van der Waals surface area contributed by atoms with Gasteiger partial charge in [-0.25, -0.2) is 0 Å². The van der Waals surface area contributed by atoms with Crippen molar-refractivity contribution in [3.8, 4) is 5.75 Å². The maximum atomic E-state index is 11.9. The van der Waals surface area contributed by atoms with Crippen molar-refractivity contribution in [3.05, 3.63) is 24.3 Å². The van der Waals surface area contributed by atoms with Gasteiger partial charge in [0.2, 0.25) is 5.91 Å². The molecule has 134 valence electrons. The first-order chi connectivity index (χ1) is 11.6. The van der Waals surface area contributed by atoms with Crippen LogP contribution in [0.5, 0.6) is 5.75 Å². The molecule has 1 fully saturated rings. The van der Waals surface area contributed by atoms with Crippen molar-refractivity contribution in [1.29, 1.82) is 0 Å². The summed E-state index contributed by atoms with van der Waals surface area (Å²) in [7, 11) is 1.69. The lowest BCUT2D eigenvalue weighted by molar-refractivity contribution is -0.122. The summed E-state index contributed by atoms with van der Waals surface area (Å²) in [5, 5.41) is 3.04. The number of rotatable bonds is 9. The molecular formula is C19H30N2O3. The molecule has 1 aliphatic heterocycles. The number of hydrogen-bond donors (Lipinski definition) is 1. The lowest BCUT2D eigenvalue weighted by Crippen LogP contribution is -2.31. The molecule has 0 saturated carbocycles. The van der Waals surface area contributed by atoms with E-state index in [2.05, 4.69) is 36.2 Å². The third-order valence-corrected chi connectivity index (χ3v) is 4.22. The zero-order chi connectivity index (χ0) is 17.4. The smallest absolute Gasteiger partial charge is 0.222 e. The van der Waals surface area contributed by atoms with Gasteiger partial charge in [0, 0.05) is 44.4 Å². The van der Waals surface area contributed by atoms with E-state index in [4.69, 9.17) is 9.47 Å². The van der Waals surface area contributed by atoms with E-state index in [1.807, 2.05) is 12.1 Å². The molecule has 1 heterocycles. The largest absolute Gasteiger partial charge is 0.497 e. The van der Waals surface area contributed by atoms with Gasteiger partial charge >= 0.3 is 0 Å². The molecule has 0 bridgehead atoms. The number of methoxy groups -OCH3 is 1. The highest BCUT2D eigenvalue weighted by atomic mass is 16.5. The Hall–Kier alpha value is -1.75. The monoisotopic (exact) mass is 334 g/mol. The standard InChI is InChI=1S/C19H30N2O3/c1-15(2)14-24-10-8-19(22)20-12-16-7-9-21(13-16)17-5-4-6-18(11-17)23-3/h4-6,11,15-16H,7-10,12-14H2,1-3H3,(H,20,22). The van der Waals surface area contributed by atoms with Crippen molar-refractivity contribution >= 4 is 11.6 Å². The molecular weight excluding hydrogens is 304 g/mol. The topological polar surface area (TPSA) is 50.8 Å². The second-order valence-corrected chi connectivity index (χ2v) is 6.83. The quantitative estimate of drug-likeness (QED) is 0.706. The molecule has 1 aromatic carbocycles. The van der Waals surface area contributed by atoms with E-state index in [0.717, 1.165) is 31.8 Å². The summed E-state index contributed by atoms with van der Waals surface area (Å²) in [6.07, 6.45) is 1.54. The van der Waals surface area contributed by atoms with E-state index >= 15 is 0 Å². The number of anilines is 1. The molecule has 1 saturated heterocycles. The lowest BCUT2D eigenvalue weighted by atomic mass is 10.1. The summed E-state index contributed by atoms with van der Waals surface area (Å²) in [5.41, 5.74) is 1.19.